The third kappa shape index (κ3) is 3.31. The van der Waals surface area contributed by atoms with E-state index in [4.69, 9.17) is 10.1 Å². The van der Waals surface area contributed by atoms with Gasteiger partial charge in [-0.25, -0.2) is 9.67 Å². The lowest BCUT2D eigenvalue weighted by atomic mass is 9.69. The first-order valence-corrected chi connectivity index (χ1v) is 12.3. The van der Waals surface area contributed by atoms with Crippen LogP contribution in [0.5, 0.6) is 0 Å². The van der Waals surface area contributed by atoms with E-state index in [0.29, 0.717) is 43.6 Å². The molecule has 2 fully saturated rings. The van der Waals surface area contributed by atoms with Gasteiger partial charge in [0, 0.05) is 55.1 Å². The van der Waals surface area contributed by atoms with Crippen LogP contribution in [0.25, 0.3) is 11.0 Å². The maximum atomic E-state index is 9.95. The lowest BCUT2D eigenvalue weighted by molar-refractivity contribution is -0.0941. The molecular weight excluding hydrogens is 404 g/mol. The Bertz CT molecular complexity index is 1040. The van der Waals surface area contributed by atoms with Crippen molar-refractivity contribution in [3.63, 3.8) is 0 Å². The first-order valence-electron chi connectivity index (χ1n) is 10.4. The molecular formula is C20H26N6O3S. The lowest BCUT2D eigenvalue weighted by Crippen LogP contribution is -2.43. The van der Waals surface area contributed by atoms with Crippen molar-refractivity contribution >= 4 is 33.0 Å². The highest BCUT2D eigenvalue weighted by atomic mass is 32.3. The first-order chi connectivity index (χ1) is 14.4. The molecule has 30 heavy (non-hydrogen) atoms. The van der Waals surface area contributed by atoms with E-state index >= 15 is 0 Å². The summed E-state index contributed by atoms with van der Waals surface area (Å²) in [4.78, 5) is 10.4. The Morgan fingerprint density at radius 2 is 2.10 bits per heavy atom. The van der Waals surface area contributed by atoms with E-state index in [1.165, 1.54) is 0 Å². The molecule has 3 aliphatic rings. The van der Waals surface area contributed by atoms with Gasteiger partial charge in [-0.3, -0.25) is 9.11 Å². The summed E-state index contributed by atoms with van der Waals surface area (Å²) < 4.78 is 21.8. The molecule has 10 heteroatoms. The molecule has 0 bridgehead atoms. The predicted molar refractivity (Wildman–Crippen MR) is 116 cm³/mol. The summed E-state index contributed by atoms with van der Waals surface area (Å²) in [7, 11) is -2.43. The quantitative estimate of drug-likeness (QED) is 0.676. The number of fused-ring (bicyclic) bond motifs is 1. The molecule has 9 nitrogen and oxygen atoms in total. The van der Waals surface area contributed by atoms with Crippen molar-refractivity contribution in [3.05, 3.63) is 18.0 Å². The van der Waals surface area contributed by atoms with Crippen molar-refractivity contribution in [2.45, 2.75) is 57.2 Å². The molecule has 2 aliphatic heterocycles. The summed E-state index contributed by atoms with van der Waals surface area (Å²) in [6, 6.07) is 2.45. The number of rotatable bonds is 4. The van der Waals surface area contributed by atoms with Crippen LogP contribution < -0.4 is 5.32 Å². The predicted octanol–water partition coefficient (Wildman–Crippen LogP) is 3.57. The van der Waals surface area contributed by atoms with Crippen molar-refractivity contribution in [2.24, 2.45) is 11.1 Å². The van der Waals surface area contributed by atoms with Gasteiger partial charge in [0.2, 0.25) is 0 Å². The molecule has 1 saturated heterocycles. The van der Waals surface area contributed by atoms with Crippen LogP contribution in [0, 0.1) is 17.2 Å². The minimum absolute atomic E-state index is 0.0440. The van der Waals surface area contributed by atoms with Crippen LogP contribution in [0.2, 0.25) is 0 Å². The molecule has 5 rings (SSSR count). The van der Waals surface area contributed by atoms with Crippen molar-refractivity contribution in [3.8, 4) is 6.07 Å². The SMILES string of the molecule is CCn1ncc2c(NC3CCS(O)(O)CC3)c(C3=NOC4(C3)CC(C#N)C4)cnc21. The highest BCUT2D eigenvalue weighted by molar-refractivity contribution is 8.24. The monoisotopic (exact) mass is 430 g/mol. The zero-order valence-electron chi connectivity index (χ0n) is 16.9. The molecule has 0 amide bonds. The summed E-state index contributed by atoms with van der Waals surface area (Å²) in [5, 5.41) is 22.5. The van der Waals surface area contributed by atoms with E-state index in [-0.39, 0.29) is 17.6 Å². The molecule has 0 radical (unpaired) electrons. The Morgan fingerprint density at radius 3 is 2.80 bits per heavy atom. The second kappa shape index (κ2) is 7.11. The summed E-state index contributed by atoms with van der Waals surface area (Å²) in [5.41, 5.74) is 3.13. The Kier molecular flexibility index (Phi) is 4.65. The number of aryl methyl sites for hydroxylation is 1. The van der Waals surface area contributed by atoms with Gasteiger partial charge in [0.1, 0.15) is 5.60 Å². The minimum atomic E-state index is -2.43. The fourth-order valence-electron chi connectivity index (χ4n) is 4.70. The molecule has 4 heterocycles. The molecule has 1 saturated carbocycles. The third-order valence-electron chi connectivity index (χ3n) is 6.47. The second-order valence-corrected chi connectivity index (χ2v) is 11.0. The van der Waals surface area contributed by atoms with Crippen molar-refractivity contribution in [1.82, 2.24) is 14.8 Å². The Morgan fingerprint density at radius 1 is 1.33 bits per heavy atom. The van der Waals surface area contributed by atoms with Crippen LogP contribution in [0.4, 0.5) is 5.69 Å². The molecule has 2 aromatic heterocycles. The molecule has 1 spiro atoms. The average Bonchev–Trinajstić information content (AvgIpc) is 3.33. The van der Waals surface area contributed by atoms with Gasteiger partial charge in [0.15, 0.2) is 5.65 Å². The van der Waals surface area contributed by atoms with Crippen molar-refractivity contribution < 1.29 is 13.9 Å². The van der Waals surface area contributed by atoms with Gasteiger partial charge < -0.3 is 10.2 Å². The second-order valence-electron chi connectivity index (χ2n) is 8.60. The van der Waals surface area contributed by atoms with Gasteiger partial charge in [0.25, 0.3) is 0 Å². The standard InChI is InChI=1S/C20H26N6O3S/c1-2-26-19-16(12-23-26)18(24-14-3-5-30(27,28)6-4-14)15(11-22-19)17-9-20(29-25-17)7-13(8-20)10-21/h11-14,27-28H,2-9H2,1H3,(H,22,24). The number of anilines is 1. The summed E-state index contributed by atoms with van der Waals surface area (Å²) in [6.45, 7) is 2.75. The number of hydrogen-bond donors (Lipinski definition) is 3. The van der Waals surface area contributed by atoms with Gasteiger partial charge in [-0.05, 0) is 19.8 Å². The van der Waals surface area contributed by atoms with Gasteiger partial charge >= 0.3 is 0 Å². The maximum Gasteiger partial charge on any atom is 0.159 e. The Hall–Kier alpha value is -2.35. The molecule has 0 aromatic carbocycles. The average molecular weight is 431 g/mol. The smallest absolute Gasteiger partial charge is 0.159 e. The number of nitrogens with zero attached hydrogens (tertiary/aromatic N) is 5. The van der Waals surface area contributed by atoms with Crippen molar-refractivity contribution in [1.29, 1.82) is 5.26 Å². The van der Waals surface area contributed by atoms with Crippen LogP contribution in [0.15, 0.2) is 17.5 Å². The Balaban J connectivity index is 1.46. The van der Waals surface area contributed by atoms with Crippen LogP contribution in [0.1, 0.15) is 44.6 Å². The zero-order chi connectivity index (χ0) is 20.9. The first kappa shape index (κ1) is 19.6. The number of nitriles is 1. The van der Waals surface area contributed by atoms with E-state index in [9.17, 15) is 9.11 Å². The largest absolute Gasteiger partial charge is 0.388 e. The van der Waals surface area contributed by atoms with E-state index in [0.717, 1.165) is 34.5 Å². The number of pyridine rings is 1. The lowest BCUT2D eigenvalue weighted by Gasteiger charge is -2.40. The van der Waals surface area contributed by atoms with E-state index < -0.39 is 10.6 Å². The minimum Gasteiger partial charge on any atom is -0.388 e. The third-order valence-corrected chi connectivity index (χ3v) is 8.25. The molecule has 1 aliphatic carbocycles. The molecule has 160 valence electrons. The zero-order valence-corrected chi connectivity index (χ0v) is 17.7. The summed E-state index contributed by atoms with van der Waals surface area (Å²) in [5.74, 6) is 0.888. The van der Waals surface area contributed by atoms with Crippen LogP contribution in [0.3, 0.4) is 0 Å². The number of nitrogens with one attached hydrogen (secondary N) is 1. The molecule has 2 aromatic rings. The fourth-order valence-corrected chi connectivity index (χ4v) is 6.23. The highest BCUT2D eigenvalue weighted by Crippen LogP contribution is 2.48. The van der Waals surface area contributed by atoms with Gasteiger partial charge in [-0.2, -0.15) is 21.0 Å². The van der Waals surface area contributed by atoms with Crippen LogP contribution >= 0.6 is 10.6 Å². The summed E-state index contributed by atoms with van der Waals surface area (Å²) in [6.07, 6.45) is 7.15. The Labute approximate surface area is 176 Å². The molecule has 0 atom stereocenters. The van der Waals surface area contributed by atoms with Crippen molar-refractivity contribution in [2.75, 3.05) is 16.8 Å². The maximum absolute atomic E-state index is 9.95. The topological polar surface area (TPSA) is 129 Å². The van der Waals surface area contributed by atoms with Crippen LogP contribution in [-0.4, -0.2) is 52.7 Å². The number of oxime groups is 1. The van der Waals surface area contributed by atoms with E-state index in [2.05, 4.69) is 26.6 Å². The van der Waals surface area contributed by atoms with Gasteiger partial charge in [-0.1, -0.05) is 5.16 Å². The van der Waals surface area contributed by atoms with Crippen LogP contribution in [-0.2, 0) is 11.4 Å². The van der Waals surface area contributed by atoms with E-state index in [1.54, 1.807) is 0 Å². The highest BCUT2D eigenvalue weighted by Gasteiger charge is 2.51. The number of aromatic nitrogens is 3. The molecule has 0 unspecified atom stereocenters. The summed E-state index contributed by atoms with van der Waals surface area (Å²) >= 11 is 0. The van der Waals surface area contributed by atoms with Gasteiger partial charge in [0.05, 0.1) is 35.0 Å². The van der Waals surface area contributed by atoms with Gasteiger partial charge in [-0.15, -0.1) is 0 Å². The molecule has 3 N–H and O–H groups in total. The normalized spacial score (nSPS) is 24.1. The fraction of sp³-hybridized carbons (Fsp3) is 0.600. The van der Waals surface area contributed by atoms with E-state index in [1.807, 2.05) is 24.0 Å². The number of hydrogen-bond acceptors (Lipinski definition) is 8.